The minimum Gasteiger partial charge on any atom is -0.406 e. The Labute approximate surface area is 171 Å². The average molecular weight is 429 g/mol. The average Bonchev–Trinajstić information content (AvgIpc) is 2.65. The number of alkyl halides is 3. The molecule has 0 heterocycles. The molecule has 2 amide bonds. The highest BCUT2D eigenvalue weighted by Crippen LogP contribution is 2.23. The molecular weight excluding hydrogens is 409 g/mol. The summed E-state index contributed by atoms with van der Waals surface area (Å²) in [4.78, 5) is 25.6. The van der Waals surface area contributed by atoms with Crippen molar-refractivity contribution in [1.29, 1.82) is 0 Å². The third kappa shape index (κ3) is 8.03. The monoisotopic (exact) mass is 428 g/mol. The fourth-order valence-electron chi connectivity index (χ4n) is 2.49. The molecule has 0 saturated carbocycles. The van der Waals surface area contributed by atoms with Gasteiger partial charge in [0.05, 0.1) is 0 Å². The van der Waals surface area contributed by atoms with E-state index in [9.17, 15) is 22.8 Å². The third-order valence-corrected chi connectivity index (χ3v) is 4.21. The van der Waals surface area contributed by atoms with Crippen molar-refractivity contribution in [3.63, 3.8) is 0 Å². The number of rotatable bonds is 8. The molecule has 0 aliphatic rings. The van der Waals surface area contributed by atoms with Gasteiger partial charge in [-0.05, 0) is 48.4 Å². The molecule has 156 valence electrons. The van der Waals surface area contributed by atoms with E-state index < -0.39 is 6.36 Å². The number of amides is 2. The first-order valence-electron chi connectivity index (χ1n) is 8.76. The summed E-state index contributed by atoms with van der Waals surface area (Å²) in [6.07, 6.45) is -4.05. The van der Waals surface area contributed by atoms with Crippen LogP contribution in [0.25, 0.3) is 0 Å². The number of carbonyl (C=O) groups excluding carboxylic acids is 2. The number of benzene rings is 2. The maximum atomic E-state index is 12.2. The van der Waals surface area contributed by atoms with E-state index in [1.54, 1.807) is 31.3 Å². The SMILES string of the molecule is CN(Cc1ccc(OC(F)(F)F)cc1)C(=O)CCCNC(=O)c1ccc(Cl)cc1. The molecule has 0 spiro atoms. The Hall–Kier alpha value is -2.74. The van der Waals surface area contributed by atoms with Gasteiger partial charge in [0.15, 0.2) is 0 Å². The maximum absolute atomic E-state index is 12.2. The zero-order chi connectivity index (χ0) is 21.4. The lowest BCUT2D eigenvalue weighted by molar-refractivity contribution is -0.274. The lowest BCUT2D eigenvalue weighted by atomic mass is 10.2. The summed E-state index contributed by atoms with van der Waals surface area (Å²) < 4.78 is 40.3. The molecule has 2 aromatic carbocycles. The first-order valence-corrected chi connectivity index (χ1v) is 9.14. The van der Waals surface area contributed by atoms with Gasteiger partial charge in [0.2, 0.25) is 5.91 Å². The normalized spacial score (nSPS) is 11.1. The van der Waals surface area contributed by atoms with Crippen molar-refractivity contribution in [2.75, 3.05) is 13.6 Å². The standard InChI is InChI=1S/C20H20ClF3N2O3/c1-26(13-14-4-10-17(11-5-14)29-20(22,23)24)18(27)3-2-12-25-19(28)15-6-8-16(21)9-7-15/h4-11H,2-3,12-13H2,1H3,(H,25,28). The smallest absolute Gasteiger partial charge is 0.406 e. The molecule has 0 aliphatic carbocycles. The van der Waals surface area contributed by atoms with Crippen LogP contribution in [-0.2, 0) is 11.3 Å². The van der Waals surface area contributed by atoms with E-state index in [0.717, 1.165) is 0 Å². The number of ether oxygens (including phenoxy) is 1. The van der Waals surface area contributed by atoms with Crippen LogP contribution in [0.1, 0.15) is 28.8 Å². The fraction of sp³-hybridized carbons (Fsp3) is 0.300. The van der Waals surface area contributed by atoms with E-state index in [-0.39, 0.29) is 30.5 Å². The van der Waals surface area contributed by atoms with Crippen LogP contribution in [0.2, 0.25) is 5.02 Å². The molecular formula is C20H20ClF3N2O3. The lowest BCUT2D eigenvalue weighted by Crippen LogP contribution is -2.28. The Bertz CT molecular complexity index is 824. The van der Waals surface area contributed by atoms with Crippen molar-refractivity contribution >= 4 is 23.4 Å². The van der Waals surface area contributed by atoms with Gasteiger partial charge in [-0.1, -0.05) is 23.7 Å². The highest BCUT2D eigenvalue weighted by atomic mass is 35.5. The van der Waals surface area contributed by atoms with Gasteiger partial charge in [-0.2, -0.15) is 0 Å². The van der Waals surface area contributed by atoms with Crippen molar-refractivity contribution in [2.45, 2.75) is 25.7 Å². The molecule has 1 N–H and O–H groups in total. The van der Waals surface area contributed by atoms with E-state index >= 15 is 0 Å². The number of nitrogens with zero attached hydrogens (tertiary/aromatic N) is 1. The highest BCUT2D eigenvalue weighted by Gasteiger charge is 2.30. The summed E-state index contributed by atoms with van der Waals surface area (Å²) in [5, 5.41) is 3.27. The summed E-state index contributed by atoms with van der Waals surface area (Å²) in [5.41, 5.74) is 1.15. The van der Waals surface area contributed by atoms with Crippen LogP contribution >= 0.6 is 11.6 Å². The minimum absolute atomic E-state index is 0.138. The van der Waals surface area contributed by atoms with Gasteiger partial charge in [-0.15, -0.1) is 13.2 Å². The quantitative estimate of drug-likeness (QED) is 0.634. The molecule has 9 heteroatoms. The Kier molecular flexibility index (Phi) is 7.90. The van der Waals surface area contributed by atoms with Crippen LogP contribution in [0, 0.1) is 0 Å². The van der Waals surface area contributed by atoms with Crippen molar-refractivity contribution in [2.24, 2.45) is 0 Å². The van der Waals surface area contributed by atoms with Crippen molar-refractivity contribution in [3.05, 3.63) is 64.7 Å². The minimum atomic E-state index is -4.74. The number of carbonyl (C=O) groups is 2. The zero-order valence-corrected chi connectivity index (χ0v) is 16.4. The third-order valence-electron chi connectivity index (χ3n) is 3.96. The lowest BCUT2D eigenvalue weighted by Gasteiger charge is -2.18. The first kappa shape index (κ1) is 22.5. The Morgan fingerprint density at radius 2 is 1.69 bits per heavy atom. The van der Waals surface area contributed by atoms with Crippen LogP contribution in [0.3, 0.4) is 0 Å². The van der Waals surface area contributed by atoms with E-state index in [2.05, 4.69) is 10.1 Å². The van der Waals surface area contributed by atoms with Crippen LogP contribution in [0.15, 0.2) is 48.5 Å². The van der Waals surface area contributed by atoms with Gasteiger partial charge >= 0.3 is 6.36 Å². The predicted molar refractivity (Wildman–Crippen MR) is 103 cm³/mol. The van der Waals surface area contributed by atoms with Crippen molar-refractivity contribution in [3.8, 4) is 5.75 Å². The summed E-state index contributed by atoms with van der Waals surface area (Å²) in [7, 11) is 1.61. The first-order chi connectivity index (χ1) is 13.6. The molecule has 0 bridgehead atoms. The van der Waals surface area contributed by atoms with Gasteiger partial charge in [0, 0.05) is 37.1 Å². The van der Waals surface area contributed by atoms with Gasteiger partial charge < -0.3 is 15.0 Å². The molecule has 0 fully saturated rings. The number of halogens is 4. The number of hydrogen-bond acceptors (Lipinski definition) is 3. The van der Waals surface area contributed by atoms with Crippen LogP contribution in [0.4, 0.5) is 13.2 Å². The second-order valence-corrected chi connectivity index (χ2v) is 6.74. The second kappa shape index (κ2) is 10.2. The molecule has 0 radical (unpaired) electrons. The van der Waals surface area contributed by atoms with Crippen LogP contribution in [-0.4, -0.2) is 36.7 Å². The van der Waals surface area contributed by atoms with Gasteiger partial charge in [-0.3, -0.25) is 9.59 Å². The summed E-state index contributed by atoms with van der Waals surface area (Å²) in [6, 6.07) is 11.8. The molecule has 2 rings (SSSR count). The Balaban J connectivity index is 1.72. The topological polar surface area (TPSA) is 58.6 Å². The summed E-state index contributed by atoms with van der Waals surface area (Å²) in [5.74, 6) is -0.698. The molecule has 0 atom stereocenters. The van der Waals surface area contributed by atoms with E-state index in [0.29, 0.717) is 29.1 Å². The molecule has 0 aromatic heterocycles. The van der Waals surface area contributed by atoms with Gasteiger partial charge in [-0.25, -0.2) is 0 Å². The zero-order valence-electron chi connectivity index (χ0n) is 15.6. The van der Waals surface area contributed by atoms with E-state index in [4.69, 9.17) is 11.6 Å². The molecule has 2 aromatic rings. The molecule has 0 saturated heterocycles. The van der Waals surface area contributed by atoms with Gasteiger partial charge in [0.1, 0.15) is 5.75 Å². The van der Waals surface area contributed by atoms with Crippen LogP contribution in [0.5, 0.6) is 5.75 Å². The van der Waals surface area contributed by atoms with Crippen molar-refractivity contribution < 1.29 is 27.5 Å². The molecule has 0 aliphatic heterocycles. The van der Waals surface area contributed by atoms with E-state index in [1.165, 1.54) is 29.2 Å². The molecule has 29 heavy (non-hydrogen) atoms. The Morgan fingerprint density at radius 1 is 1.07 bits per heavy atom. The second-order valence-electron chi connectivity index (χ2n) is 6.31. The number of nitrogens with one attached hydrogen (secondary N) is 1. The Morgan fingerprint density at radius 3 is 2.28 bits per heavy atom. The largest absolute Gasteiger partial charge is 0.573 e. The fourth-order valence-corrected chi connectivity index (χ4v) is 2.62. The highest BCUT2D eigenvalue weighted by molar-refractivity contribution is 6.30. The summed E-state index contributed by atoms with van der Waals surface area (Å²) >= 11 is 5.77. The van der Waals surface area contributed by atoms with Crippen molar-refractivity contribution in [1.82, 2.24) is 10.2 Å². The van der Waals surface area contributed by atoms with E-state index in [1.807, 2.05) is 0 Å². The molecule has 0 unspecified atom stereocenters. The predicted octanol–water partition coefficient (Wildman–Crippen LogP) is 4.41. The maximum Gasteiger partial charge on any atom is 0.573 e. The van der Waals surface area contributed by atoms with Crippen LogP contribution < -0.4 is 10.1 Å². The van der Waals surface area contributed by atoms with Gasteiger partial charge in [0.25, 0.3) is 5.91 Å². The number of hydrogen-bond donors (Lipinski definition) is 1. The summed E-state index contributed by atoms with van der Waals surface area (Å²) in [6.45, 7) is 0.590. The molecule has 5 nitrogen and oxygen atoms in total.